The Morgan fingerprint density at radius 2 is 2.16 bits per heavy atom. The Morgan fingerprint density at radius 1 is 1.44 bits per heavy atom. The van der Waals surface area contributed by atoms with Crippen molar-refractivity contribution < 1.29 is 9.53 Å². The lowest BCUT2D eigenvalue weighted by Crippen LogP contribution is -2.47. The van der Waals surface area contributed by atoms with Crippen LogP contribution in [0.5, 0.6) is 0 Å². The molecule has 1 saturated heterocycles. The van der Waals surface area contributed by atoms with E-state index < -0.39 is 5.60 Å². The lowest BCUT2D eigenvalue weighted by molar-refractivity contribution is 0.00913. The number of carbonyl (C=O) groups is 1. The minimum atomic E-state index is -0.496. The van der Waals surface area contributed by atoms with Crippen molar-refractivity contribution in [3.63, 3.8) is 0 Å². The third-order valence-corrected chi connectivity index (χ3v) is 5.62. The highest BCUT2D eigenvalue weighted by Gasteiger charge is 2.35. The molecule has 138 valence electrons. The van der Waals surface area contributed by atoms with Gasteiger partial charge in [-0.05, 0) is 40.0 Å². The Labute approximate surface area is 157 Å². The molecule has 1 aromatic rings. The number of fused-ring (bicyclic) bond motifs is 1. The Kier molecular flexibility index (Phi) is 4.88. The normalized spacial score (nSPS) is 23.8. The highest BCUT2D eigenvalue weighted by Crippen LogP contribution is 2.36. The lowest BCUT2D eigenvalue weighted by Gasteiger charge is -2.36. The van der Waals surface area contributed by atoms with E-state index in [4.69, 9.17) is 4.74 Å². The first kappa shape index (κ1) is 18.3. The van der Waals surface area contributed by atoms with E-state index in [2.05, 4.69) is 32.5 Å². The quantitative estimate of drug-likeness (QED) is 0.696. The molecule has 2 atom stereocenters. The molecule has 0 spiro atoms. The molecule has 6 nitrogen and oxygen atoms in total. The molecule has 7 heteroatoms. The van der Waals surface area contributed by atoms with Crippen LogP contribution in [0.4, 0.5) is 10.5 Å². The second-order valence-corrected chi connectivity index (χ2v) is 8.66. The van der Waals surface area contributed by atoms with Crippen LogP contribution in [0.15, 0.2) is 18.5 Å². The van der Waals surface area contributed by atoms with E-state index in [0.29, 0.717) is 19.0 Å². The molecule has 0 N–H and O–H groups in total. The molecule has 0 bridgehead atoms. The van der Waals surface area contributed by atoms with Crippen LogP contribution in [0, 0.1) is 5.92 Å². The predicted molar refractivity (Wildman–Crippen MR) is 102 cm³/mol. The zero-order valence-corrected chi connectivity index (χ0v) is 17.0. The van der Waals surface area contributed by atoms with Gasteiger partial charge in [-0.15, -0.1) is 0 Å². The highest BCUT2D eigenvalue weighted by atomic mass is 79.9. The Morgan fingerprint density at radius 3 is 2.76 bits per heavy atom. The fraction of sp³-hybridized carbons (Fsp3) is 0.667. The van der Waals surface area contributed by atoms with Crippen molar-refractivity contribution in [1.29, 1.82) is 0 Å². The van der Waals surface area contributed by atoms with E-state index in [1.165, 1.54) is 0 Å². The van der Waals surface area contributed by atoms with Gasteiger partial charge in [-0.25, -0.2) is 4.79 Å². The molecule has 0 radical (unpaired) electrons. The molecular formula is C18H27BrN4O2. The number of ether oxygens (including phenoxy) is 1. The number of nitrogens with zero attached hydrogens (tertiary/aromatic N) is 4. The lowest BCUT2D eigenvalue weighted by atomic mass is 10.1. The summed E-state index contributed by atoms with van der Waals surface area (Å²) in [4.78, 5) is 16.6. The second-order valence-electron chi connectivity index (χ2n) is 8.02. The smallest absolute Gasteiger partial charge is 0.410 e. The minimum Gasteiger partial charge on any atom is -0.444 e. The molecule has 2 aliphatic rings. The zero-order valence-electron chi connectivity index (χ0n) is 15.5. The number of aromatic nitrogens is 2. The number of halogens is 1. The van der Waals surface area contributed by atoms with Crippen molar-refractivity contribution in [2.24, 2.45) is 5.92 Å². The van der Waals surface area contributed by atoms with Gasteiger partial charge in [0.2, 0.25) is 0 Å². The Balaban J connectivity index is 1.83. The van der Waals surface area contributed by atoms with E-state index in [9.17, 15) is 4.79 Å². The number of alkyl halides is 1. The van der Waals surface area contributed by atoms with Crippen molar-refractivity contribution in [3.05, 3.63) is 24.2 Å². The Hall–Kier alpha value is -1.50. The molecule has 0 aromatic carbocycles. The molecule has 2 aliphatic heterocycles. The van der Waals surface area contributed by atoms with Gasteiger partial charge in [0, 0.05) is 17.6 Å². The molecule has 0 saturated carbocycles. The molecular weight excluding hydrogens is 384 g/mol. The fourth-order valence-corrected chi connectivity index (χ4v) is 3.88. The summed E-state index contributed by atoms with van der Waals surface area (Å²) >= 11 is 3.58. The van der Waals surface area contributed by atoms with Gasteiger partial charge in [0.05, 0.1) is 36.7 Å². The van der Waals surface area contributed by atoms with Crippen LogP contribution in [0.25, 0.3) is 0 Å². The molecule has 1 unspecified atom stereocenters. The van der Waals surface area contributed by atoms with Crippen LogP contribution >= 0.6 is 15.9 Å². The van der Waals surface area contributed by atoms with Crippen molar-refractivity contribution in [2.75, 3.05) is 16.8 Å². The second kappa shape index (κ2) is 6.67. The first-order valence-corrected chi connectivity index (χ1v) is 9.87. The van der Waals surface area contributed by atoms with Gasteiger partial charge in [-0.3, -0.25) is 9.58 Å². The summed E-state index contributed by atoms with van der Waals surface area (Å²) in [5.41, 5.74) is 2.74. The summed E-state index contributed by atoms with van der Waals surface area (Å²) in [5.74, 6) is 0.563. The molecule has 3 rings (SSSR count). The molecule has 1 amide bonds. The predicted octanol–water partition coefficient (Wildman–Crippen LogP) is 3.76. The van der Waals surface area contributed by atoms with Crippen LogP contribution in [0.3, 0.4) is 0 Å². The number of rotatable bonds is 2. The summed E-state index contributed by atoms with van der Waals surface area (Å²) < 4.78 is 7.59. The zero-order chi connectivity index (χ0) is 18.4. The third kappa shape index (κ3) is 3.71. The molecule has 0 aliphatic carbocycles. The SMILES string of the molecule is C=C1CC(CBr)CN1c1cnn2c1CN(C(=O)OC(C)(C)C)[C@@H](C)C2. The number of hydrogen-bond acceptors (Lipinski definition) is 4. The standard InChI is InChI=1S/C18H27BrN4O2/c1-12-6-14(7-19)10-21(12)15-8-20-23-9-13(2)22(11-16(15)23)17(24)25-18(3,4)5/h8,13-14H,1,6-7,9-11H2,2-5H3/t13-,14?/m0/s1. The summed E-state index contributed by atoms with van der Waals surface area (Å²) in [5, 5.41) is 5.51. The average Bonchev–Trinajstić information content (AvgIpc) is 3.07. The van der Waals surface area contributed by atoms with Gasteiger partial charge in [-0.1, -0.05) is 22.5 Å². The van der Waals surface area contributed by atoms with E-state index in [1.807, 2.05) is 38.6 Å². The third-order valence-electron chi connectivity index (χ3n) is 4.70. The van der Waals surface area contributed by atoms with Gasteiger partial charge >= 0.3 is 6.09 Å². The van der Waals surface area contributed by atoms with Crippen LogP contribution in [0.1, 0.15) is 39.8 Å². The largest absolute Gasteiger partial charge is 0.444 e. The molecule has 1 fully saturated rings. The maximum atomic E-state index is 12.6. The van der Waals surface area contributed by atoms with Crippen LogP contribution in [0.2, 0.25) is 0 Å². The van der Waals surface area contributed by atoms with Crippen molar-refractivity contribution in [2.45, 2.75) is 58.8 Å². The van der Waals surface area contributed by atoms with Gasteiger partial charge in [0.25, 0.3) is 0 Å². The fourth-order valence-electron chi connectivity index (χ4n) is 3.44. The van der Waals surface area contributed by atoms with Gasteiger partial charge in [0.15, 0.2) is 0 Å². The van der Waals surface area contributed by atoms with Crippen molar-refractivity contribution >= 4 is 27.7 Å². The first-order valence-electron chi connectivity index (χ1n) is 8.75. The highest BCUT2D eigenvalue weighted by molar-refractivity contribution is 9.09. The van der Waals surface area contributed by atoms with E-state index in [0.717, 1.165) is 35.4 Å². The number of carbonyl (C=O) groups excluding carboxylic acids is 1. The summed E-state index contributed by atoms with van der Waals surface area (Å²) in [6.07, 6.45) is 2.63. The van der Waals surface area contributed by atoms with Gasteiger partial charge in [-0.2, -0.15) is 5.10 Å². The molecule has 3 heterocycles. The van der Waals surface area contributed by atoms with E-state index >= 15 is 0 Å². The van der Waals surface area contributed by atoms with Crippen LogP contribution in [-0.2, 0) is 17.8 Å². The topological polar surface area (TPSA) is 50.6 Å². The summed E-state index contributed by atoms with van der Waals surface area (Å²) in [6.45, 7) is 14.0. The van der Waals surface area contributed by atoms with Gasteiger partial charge in [0.1, 0.15) is 5.60 Å². The van der Waals surface area contributed by atoms with E-state index in [-0.39, 0.29) is 12.1 Å². The maximum absolute atomic E-state index is 12.6. The maximum Gasteiger partial charge on any atom is 0.410 e. The Bertz CT molecular complexity index is 679. The average molecular weight is 411 g/mol. The monoisotopic (exact) mass is 410 g/mol. The van der Waals surface area contributed by atoms with Gasteiger partial charge < -0.3 is 9.64 Å². The van der Waals surface area contributed by atoms with Crippen LogP contribution in [-0.4, -0.2) is 44.3 Å². The minimum absolute atomic E-state index is 0.0483. The number of hydrogen-bond donors (Lipinski definition) is 0. The van der Waals surface area contributed by atoms with Crippen LogP contribution < -0.4 is 4.90 Å². The van der Waals surface area contributed by atoms with Crippen molar-refractivity contribution in [1.82, 2.24) is 14.7 Å². The number of anilines is 1. The first-order chi connectivity index (χ1) is 11.7. The number of allylic oxidation sites excluding steroid dienone is 1. The van der Waals surface area contributed by atoms with Crippen molar-refractivity contribution in [3.8, 4) is 0 Å². The molecule has 1 aromatic heterocycles. The number of amides is 1. The molecule has 25 heavy (non-hydrogen) atoms. The van der Waals surface area contributed by atoms with E-state index in [1.54, 1.807) is 4.90 Å². The summed E-state index contributed by atoms with van der Waals surface area (Å²) in [6, 6.07) is 0.0483. The summed E-state index contributed by atoms with van der Waals surface area (Å²) in [7, 11) is 0.